The zero-order valence-corrected chi connectivity index (χ0v) is 16.5. The number of amides is 1. The van der Waals surface area contributed by atoms with Gasteiger partial charge in [-0.1, -0.05) is 17.7 Å². The van der Waals surface area contributed by atoms with Gasteiger partial charge in [0.05, 0.1) is 19.3 Å². The third kappa shape index (κ3) is 6.09. The van der Waals surface area contributed by atoms with Crippen LogP contribution in [0.2, 0.25) is 5.02 Å². The smallest absolute Gasteiger partial charge is 0.239 e. The molecule has 0 radical (unpaired) electrons. The van der Waals surface area contributed by atoms with Gasteiger partial charge in [0.25, 0.3) is 0 Å². The van der Waals surface area contributed by atoms with E-state index in [1.807, 2.05) is 41.6 Å². The Hall–Kier alpha value is -2.35. The third-order valence-electron chi connectivity index (χ3n) is 3.84. The molecule has 1 aromatic carbocycles. The van der Waals surface area contributed by atoms with E-state index in [2.05, 4.69) is 10.4 Å². The molecular formula is C19H21ClN4O2S. The summed E-state index contributed by atoms with van der Waals surface area (Å²) in [7, 11) is 1.88. The van der Waals surface area contributed by atoms with E-state index in [9.17, 15) is 4.79 Å². The second-order valence-corrected chi connectivity index (χ2v) is 7.51. The number of likely N-dealkylation sites (N-methyl/N-ethyl adjacent to an activating group) is 1. The van der Waals surface area contributed by atoms with Crippen LogP contribution in [0.3, 0.4) is 0 Å². The summed E-state index contributed by atoms with van der Waals surface area (Å²) in [5, 5.41) is 9.90. The maximum atomic E-state index is 12.3. The SMILES string of the molecule is CN(CCOc1ccc(Cl)cc1)CC(=O)Nc1ccnn1Cc1cccs1. The number of ether oxygens (including phenoxy) is 1. The summed E-state index contributed by atoms with van der Waals surface area (Å²) < 4.78 is 7.44. The Morgan fingerprint density at radius 3 is 2.85 bits per heavy atom. The van der Waals surface area contributed by atoms with E-state index in [4.69, 9.17) is 16.3 Å². The molecule has 142 valence electrons. The number of hydrogen-bond donors (Lipinski definition) is 1. The van der Waals surface area contributed by atoms with Gasteiger partial charge in [-0.05, 0) is 42.8 Å². The van der Waals surface area contributed by atoms with Crippen molar-refractivity contribution in [2.45, 2.75) is 6.54 Å². The molecule has 2 heterocycles. The number of carbonyl (C=O) groups is 1. The van der Waals surface area contributed by atoms with Gasteiger partial charge in [0.1, 0.15) is 18.2 Å². The molecule has 1 N–H and O–H groups in total. The van der Waals surface area contributed by atoms with Crippen LogP contribution in [0.4, 0.5) is 5.82 Å². The number of thiophene rings is 1. The van der Waals surface area contributed by atoms with Crippen molar-refractivity contribution in [3.63, 3.8) is 0 Å². The number of anilines is 1. The van der Waals surface area contributed by atoms with Gasteiger partial charge in [0.2, 0.25) is 5.91 Å². The van der Waals surface area contributed by atoms with Gasteiger partial charge in [0.15, 0.2) is 0 Å². The summed E-state index contributed by atoms with van der Waals surface area (Å²) in [6.07, 6.45) is 1.69. The molecule has 0 aliphatic heterocycles. The highest BCUT2D eigenvalue weighted by atomic mass is 35.5. The number of benzene rings is 1. The van der Waals surface area contributed by atoms with Gasteiger partial charge in [-0.3, -0.25) is 9.69 Å². The van der Waals surface area contributed by atoms with Gasteiger partial charge in [-0.15, -0.1) is 11.3 Å². The minimum absolute atomic E-state index is 0.0862. The van der Waals surface area contributed by atoms with Crippen LogP contribution in [-0.4, -0.2) is 47.3 Å². The highest BCUT2D eigenvalue weighted by molar-refractivity contribution is 7.09. The highest BCUT2D eigenvalue weighted by Crippen LogP contribution is 2.16. The van der Waals surface area contributed by atoms with Crippen molar-refractivity contribution in [2.24, 2.45) is 0 Å². The number of aromatic nitrogens is 2. The molecule has 0 saturated heterocycles. The van der Waals surface area contributed by atoms with Crippen LogP contribution in [0, 0.1) is 0 Å². The van der Waals surface area contributed by atoms with Gasteiger partial charge in [0, 0.05) is 22.5 Å². The molecule has 0 unspecified atom stereocenters. The molecule has 0 aliphatic rings. The molecule has 0 bridgehead atoms. The summed E-state index contributed by atoms with van der Waals surface area (Å²) in [5.41, 5.74) is 0. The zero-order chi connectivity index (χ0) is 19.1. The first kappa shape index (κ1) is 19.4. The third-order valence-corrected chi connectivity index (χ3v) is 4.95. The van der Waals surface area contributed by atoms with E-state index in [1.165, 1.54) is 4.88 Å². The Kier molecular flexibility index (Phi) is 6.86. The lowest BCUT2D eigenvalue weighted by molar-refractivity contribution is -0.117. The average Bonchev–Trinajstić information content (AvgIpc) is 3.29. The largest absolute Gasteiger partial charge is 0.492 e. The topological polar surface area (TPSA) is 59.4 Å². The van der Waals surface area contributed by atoms with Crippen molar-refractivity contribution in [3.05, 3.63) is 63.9 Å². The predicted molar refractivity (Wildman–Crippen MR) is 109 cm³/mol. The van der Waals surface area contributed by atoms with Crippen molar-refractivity contribution in [2.75, 3.05) is 32.1 Å². The highest BCUT2D eigenvalue weighted by Gasteiger charge is 2.11. The Labute approximate surface area is 167 Å². The molecule has 27 heavy (non-hydrogen) atoms. The number of nitrogens with zero attached hydrogens (tertiary/aromatic N) is 3. The normalized spacial score (nSPS) is 10.9. The van der Waals surface area contributed by atoms with E-state index in [-0.39, 0.29) is 12.5 Å². The lowest BCUT2D eigenvalue weighted by Gasteiger charge is -2.17. The zero-order valence-electron chi connectivity index (χ0n) is 15.0. The molecule has 0 atom stereocenters. The fourth-order valence-corrected chi connectivity index (χ4v) is 3.28. The molecule has 0 saturated carbocycles. The van der Waals surface area contributed by atoms with Gasteiger partial charge >= 0.3 is 0 Å². The molecule has 1 amide bonds. The second-order valence-electron chi connectivity index (χ2n) is 6.04. The molecule has 0 aliphatic carbocycles. The minimum atomic E-state index is -0.0862. The molecular weight excluding hydrogens is 384 g/mol. The van der Waals surface area contributed by atoms with Crippen LogP contribution in [-0.2, 0) is 11.3 Å². The van der Waals surface area contributed by atoms with Crippen LogP contribution < -0.4 is 10.1 Å². The van der Waals surface area contributed by atoms with Crippen LogP contribution in [0.25, 0.3) is 0 Å². The fraction of sp³-hybridized carbons (Fsp3) is 0.263. The van der Waals surface area contributed by atoms with Gasteiger partial charge in [-0.2, -0.15) is 5.10 Å². The van der Waals surface area contributed by atoms with Crippen molar-refractivity contribution < 1.29 is 9.53 Å². The summed E-state index contributed by atoms with van der Waals surface area (Å²) in [6.45, 7) is 2.03. The molecule has 8 heteroatoms. The van der Waals surface area contributed by atoms with Crippen molar-refractivity contribution in [1.82, 2.24) is 14.7 Å². The van der Waals surface area contributed by atoms with Crippen LogP contribution in [0.5, 0.6) is 5.75 Å². The van der Waals surface area contributed by atoms with Crippen LogP contribution in [0.15, 0.2) is 54.0 Å². The maximum absolute atomic E-state index is 12.3. The lowest BCUT2D eigenvalue weighted by Crippen LogP contribution is -2.33. The summed E-state index contributed by atoms with van der Waals surface area (Å²) in [4.78, 5) is 15.4. The quantitative estimate of drug-likeness (QED) is 0.592. The van der Waals surface area contributed by atoms with E-state index in [0.717, 1.165) is 5.75 Å². The lowest BCUT2D eigenvalue weighted by atomic mass is 10.3. The molecule has 0 fully saturated rings. The summed E-state index contributed by atoms with van der Waals surface area (Å²) in [6, 6.07) is 13.1. The van der Waals surface area contributed by atoms with E-state index >= 15 is 0 Å². The molecule has 3 aromatic rings. The second kappa shape index (κ2) is 9.55. The van der Waals surface area contributed by atoms with E-state index in [0.29, 0.717) is 30.5 Å². The number of rotatable bonds is 9. The Bertz CT molecular complexity index is 849. The molecule has 3 rings (SSSR count). The monoisotopic (exact) mass is 404 g/mol. The molecule has 2 aromatic heterocycles. The van der Waals surface area contributed by atoms with Gasteiger partial charge < -0.3 is 10.1 Å². The Balaban J connectivity index is 1.42. The fourth-order valence-electron chi connectivity index (χ4n) is 2.47. The summed E-state index contributed by atoms with van der Waals surface area (Å²) >= 11 is 7.51. The van der Waals surface area contributed by atoms with E-state index < -0.39 is 0 Å². The Morgan fingerprint density at radius 1 is 1.30 bits per heavy atom. The van der Waals surface area contributed by atoms with Gasteiger partial charge in [-0.25, -0.2) is 4.68 Å². The molecule has 6 nitrogen and oxygen atoms in total. The minimum Gasteiger partial charge on any atom is -0.492 e. The first-order valence-corrected chi connectivity index (χ1v) is 9.77. The number of nitrogens with one attached hydrogen (secondary N) is 1. The standard InChI is InChI=1S/C19H21ClN4O2S/c1-23(10-11-26-16-6-4-15(20)5-7-16)14-19(25)22-18-8-9-21-24(18)13-17-3-2-12-27-17/h2-9,12H,10-11,13-14H2,1H3,(H,22,25). The van der Waals surface area contributed by atoms with Crippen LogP contribution >= 0.6 is 22.9 Å². The maximum Gasteiger partial charge on any atom is 0.239 e. The van der Waals surface area contributed by atoms with E-state index in [1.54, 1.807) is 40.4 Å². The first-order valence-electron chi connectivity index (χ1n) is 8.51. The van der Waals surface area contributed by atoms with Crippen LogP contribution in [0.1, 0.15) is 4.88 Å². The van der Waals surface area contributed by atoms with Crippen molar-refractivity contribution in [1.29, 1.82) is 0 Å². The number of hydrogen-bond acceptors (Lipinski definition) is 5. The van der Waals surface area contributed by atoms with Crippen molar-refractivity contribution in [3.8, 4) is 5.75 Å². The summed E-state index contributed by atoms with van der Waals surface area (Å²) in [5.74, 6) is 1.37. The van der Waals surface area contributed by atoms with Crippen molar-refractivity contribution >= 4 is 34.7 Å². The number of carbonyl (C=O) groups excluding carboxylic acids is 1. The predicted octanol–water partition coefficient (Wildman–Crippen LogP) is 3.60. The average molecular weight is 405 g/mol. The number of halogens is 1. The Morgan fingerprint density at radius 2 is 2.11 bits per heavy atom. The first-order chi connectivity index (χ1) is 13.1. The molecule has 0 spiro atoms.